The van der Waals surface area contributed by atoms with Crippen LogP contribution in [0.5, 0.6) is 0 Å². The molecule has 0 saturated heterocycles. The van der Waals surface area contributed by atoms with Gasteiger partial charge in [-0.25, -0.2) is 9.89 Å². The Labute approximate surface area is 187 Å². The van der Waals surface area contributed by atoms with Crippen LogP contribution < -0.4 is 0 Å². The largest absolute Gasteiger partial charge is 0.477 e. The predicted octanol–water partition coefficient (Wildman–Crippen LogP) is 5.16. The van der Waals surface area contributed by atoms with Crippen LogP contribution in [-0.4, -0.2) is 36.3 Å². The summed E-state index contributed by atoms with van der Waals surface area (Å²) in [6.45, 7) is 6.64. The second kappa shape index (κ2) is 9.18. The van der Waals surface area contributed by atoms with Gasteiger partial charge in [-0.3, -0.25) is 0 Å². The van der Waals surface area contributed by atoms with E-state index in [0.717, 1.165) is 46.4 Å². The number of nitrogens with zero attached hydrogens (tertiary/aromatic N) is 4. The van der Waals surface area contributed by atoms with Gasteiger partial charge >= 0.3 is 5.97 Å². The highest BCUT2D eigenvalue weighted by molar-refractivity contribution is 5.88. The van der Waals surface area contributed by atoms with Gasteiger partial charge in [0.2, 0.25) is 0 Å². The minimum absolute atomic E-state index is 0.134. The summed E-state index contributed by atoms with van der Waals surface area (Å²) >= 11 is 0. The number of rotatable bonds is 8. The molecule has 2 aromatic heterocycles. The second-order valence-electron chi connectivity index (χ2n) is 8.23. The third-order valence-electron chi connectivity index (χ3n) is 5.65. The molecule has 4 aromatic rings. The molecule has 0 spiro atoms. The van der Waals surface area contributed by atoms with Gasteiger partial charge < -0.3 is 9.67 Å². The van der Waals surface area contributed by atoms with E-state index in [-0.39, 0.29) is 5.92 Å². The van der Waals surface area contributed by atoms with Crippen molar-refractivity contribution >= 4 is 5.97 Å². The number of hydrogen-bond acceptors (Lipinski definition) is 4. The molecule has 0 fully saturated rings. The van der Waals surface area contributed by atoms with Crippen molar-refractivity contribution in [1.82, 2.24) is 25.2 Å². The van der Waals surface area contributed by atoms with Gasteiger partial charge in [0.15, 0.2) is 5.82 Å². The molecule has 7 nitrogen and oxygen atoms in total. The highest BCUT2D eigenvalue weighted by Crippen LogP contribution is 2.32. The number of H-pyrrole nitrogens is 1. The van der Waals surface area contributed by atoms with Gasteiger partial charge in [-0.1, -0.05) is 69.7 Å². The van der Waals surface area contributed by atoms with Crippen molar-refractivity contribution in [2.75, 3.05) is 0 Å². The lowest BCUT2D eigenvalue weighted by molar-refractivity contribution is 0.0683. The van der Waals surface area contributed by atoms with E-state index in [1.807, 2.05) is 60.9 Å². The number of hydrogen-bond donors (Lipinski definition) is 2. The topological polar surface area (TPSA) is 96.7 Å². The number of aromatic amines is 1. The number of carbonyl (C=O) groups is 1. The quantitative estimate of drug-likeness (QED) is 0.403. The van der Waals surface area contributed by atoms with Gasteiger partial charge in [0, 0.05) is 17.8 Å². The summed E-state index contributed by atoms with van der Waals surface area (Å²) in [4.78, 5) is 12.2. The molecule has 0 bridgehead atoms. The van der Waals surface area contributed by atoms with E-state index in [1.54, 1.807) is 0 Å². The van der Waals surface area contributed by atoms with E-state index in [4.69, 9.17) is 0 Å². The highest BCUT2D eigenvalue weighted by Gasteiger charge is 2.23. The number of nitrogens with one attached hydrogen (secondary N) is 1. The zero-order chi connectivity index (χ0) is 22.7. The summed E-state index contributed by atoms with van der Waals surface area (Å²) in [5.74, 6) is -0.181. The van der Waals surface area contributed by atoms with Crippen LogP contribution in [0.2, 0.25) is 0 Å². The average molecular weight is 430 g/mol. The van der Waals surface area contributed by atoms with Crippen molar-refractivity contribution in [2.45, 2.75) is 46.1 Å². The summed E-state index contributed by atoms with van der Waals surface area (Å²) in [5.41, 5.74) is 6.23. The third kappa shape index (κ3) is 4.19. The van der Waals surface area contributed by atoms with Gasteiger partial charge in [-0.15, -0.1) is 5.10 Å². The molecule has 4 rings (SSSR count). The molecule has 7 heteroatoms. The zero-order valence-corrected chi connectivity index (χ0v) is 18.5. The van der Waals surface area contributed by atoms with Gasteiger partial charge in [0.05, 0.1) is 0 Å². The van der Waals surface area contributed by atoms with Crippen molar-refractivity contribution in [2.24, 2.45) is 0 Å². The molecular formula is C25H27N5O2. The first-order valence-electron chi connectivity index (χ1n) is 10.9. The fourth-order valence-corrected chi connectivity index (χ4v) is 4.16. The molecule has 0 atom stereocenters. The van der Waals surface area contributed by atoms with Crippen molar-refractivity contribution in [3.8, 4) is 22.5 Å². The maximum Gasteiger partial charge on any atom is 0.352 e. The Bertz CT molecular complexity index is 1210. The van der Waals surface area contributed by atoms with Gasteiger partial charge in [0.1, 0.15) is 5.69 Å². The van der Waals surface area contributed by atoms with E-state index in [1.165, 1.54) is 0 Å². The van der Waals surface area contributed by atoms with E-state index >= 15 is 0 Å². The first-order valence-corrected chi connectivity index (χ1v) is 10.9. The molecule has 32 heavy (non-hydrogen) atoms. The number of aryl methyl sites for hydroxylation is 1. The van der Waals surface area contributed by atoms with Gasteiger partial charge in [0.25, 0.3) is 0 Å². The van der Waals surface area contributed by atoms with E-state index in [0.29, 0.717) is 18.1 Å². The highest BCUT2D eigenvalue weighted by atomic mass is 16.4. The SMILES string of the molecule is CCCc1cc(C(C)C)c(C(=O)O)n1Cc1ccc(-c2ccccc2)c(-c2nnn[nH]2)c1. The predicted molar refractivity (Wildman–Crippen MR) is 124 cm³/mol. The van der Waals surface area contributed by atoms with Crippen molar-refractivity contribution in [1.29, 1.82) is 0 Å². The lowest BCUT2D eigenvalue weighted by atomic mass is 9.97. The number of tetrazole rings is 1. The fourth-order valence-electron chi connectivity index (χ4n) is 4.16. The number of aromatic nitrogens is 5. The van der Waals surface area contributed by atoms with Crippen LogP contribution in [0.1, 0.15) is 60.4 Å². The molecular weight excluding hydrogens is 402 g/mol. The van der Waals surface area contributed by atoms with Crippen molar-refractivity contribution in [3.05, 3.63) is 77.1 Å². The number of aromatic carboxylic acids is 1. The second-order valence-corrected chi connectivity index (χ2v) is 8.23. The summed E-state index contributed by atoms with van der Waals surface area (Å²) in [7, 11) is 0. The fraction of sp³-hybridized carbons (Fsp3) is 0.280. The van der Waals surface area contributed by atoms with Crippen LogP contribution >= 0.6 is 0 Å². The standard InChI is InChI=1S/C25H27N5O2/c1-4-8-19-14-21(16(2)3)23(25(31)32)30(19)15-17-11-12-20(18-9-6-5-7-10-18)22(13-17)24-26-28-29-27-24/h5-7,9-14,16H,4,8,15H2,1-3H3,(H,31,32)(H,26,27,28,29). The van der Waals surface area contributed by atoms with E-state index in [9.17, 15) is 9.90 Å². The minimum Gasteiger partial charge on any atom is -0.477 e. The third-order valence-corrected chi connectivity index (χ3v) is 5.65. The Hall–Kier alpha value is -3.74. The first-order chi connectivity index (χ1) is 15.5. The Morgan fingerprint density at radius 1 is 1.09 bits per heavy atom. The number of carboxylic acids is 1. The van der Waals surface area contributed by atoms with Gasteiger partial charge in [-0.2, -0.15) is 0 Å². The summed E-state index contributed by atoms with van der Waals surface area (Å²) in [5, 5.41) is 24.5. The maximum atomic E-state index is 12.2. The molecule has 0 radical (unpaired) electrons. The normalized spacial score (nSPS) is 11.2. The van der Waals surface area contributed by atoms with Gasteiger partial charge in [-0.05, 0) is 57.2 Å². The molecule has 2 heterocycles. The van der Waals surface area contributed by atoms with Crippen LogP contribution in [0.25, 0.3) is 22.5 Å². The van der Waals surface area contributed by atoms with Crippen LogP contribution in [0.3, 0.4) is 0 Å². The molecule has 0 amide bonds. The first kappa shape index (κ1) is 21.5. The Morgan fingerprint density at radius 3 is 2.50 bits per heavy atom. The smallest absolute Gasteiger partial charge is 0.352 e. The molecule has 2 N–H and O–H groups in total. The summed E-state index contributed by atoms with van der Waals surface area (Å²) in [6, 6.07) is 18.3. The molecule has 0 saturated carbocycles. The van der Waals surface area contributed by atoms with Crippen LogP contribution in [0, 0.1) is 0 Å². The number of carboxylic acid groups (broad SMARTS) is 1. The monoisotopic (exact) mass is 429 g/mol. The lowest BCUT2D eigenvalue weighted by Crippen LogP contribution is -2.14. The average Bonchev–Trinajstić information content (AvgIpc) is 3.44. The maximum absolute atomic E-state index is 12.2. The molecule has 0 aliphatic heterocycles. The molecule has 0 aliphatic carbocycles. The Balaban J connectivity index is 1.82. The Morgan fingerprint density at radius 2 is 1.88 bits per heavy atom. The van der Waals surface area contributed by atoms with Crippen LogP contribution in [-0.2, 0) is 13.0 Å². The Kier molecular flexibility index (Phi) is 6.16. The van der Waals surface area contributed by atoms with E-state index < -0.39 is 5.97 Å². The number of benzene rings is 2. The molecule has 0 aliphatic rings. The molecule has 2 aromatic carbocycles. The minimum atomic E-state index is -0.892. The lowest BCUT2D eigenvalue weighted by Gasteiger charge is -2.15. The van der Waals surface area contributed by atoms with Crippen LogP contribution in [0.15, 0.2) is 54.6 Å². The zero-order valence-electron chi connectivity index (χ0n) is 18.5. The van der Waals surface area contributed by atoms with E-state index in [2.05, 4.69) is 39.7 Å². The van der Waals surface area contributed by atoms with Crippen molar-refractivity contribution < 1.29 is 9.90 Å². The molecule has 0 unspecified atom stereocenters. The molecule has 164 valence electrons. The van der Waals surface area contributed by atoms with Crippen molar-refractivity contribution in [3.63, 3.8) is 0 Å². The summed E-state index contributed by atoms with van der Waals surface area (Å²) in [6.07, 6.45) is 1.77. The van der Waals surface area contributed by atoms with Crippen LogP contribution in [0.4, 0.5) is 0 Å². The summed E-state index contributed by atoms with van der Waals surface area (Å²) < 4.78 is 1.95.